The molecule has 0 saturated heterocycles. The minimum atomic E-state index is -0.994. The van der Waals surface area contributed by atoms with Crippen LogP contribution in [0, 0.1) is 6.92 Å². The van der Waals surface area contributed by atoms with Crippen molar-refractivity contribution in [2.75, 3.05) is 39.2 Å². The second-order valence-corrected chi connectivity index (χ2v) is 10.4. The summed E-state index contributed by atoms with van der Waals surface area (Å²) in [5, 5.41) is -0.459. The fourth-order valence-electron chi connectivity index (χ4n) is 4.15. The number of hydrogen-bond acceptors (Lipinski definition) is 7. The Balaban J connectivity index is 1.78. The van der Waals surface area contributed by atoms with E-state index in [0.29, 0.717) is 24.6 Å². The van der Waals surface area contributed by atoms with Crippen molar-refractivity contribution in [2.24, 2.45) is 0 Å². The van der Waals surface area contributed by atoms with Crippen molar-refractivity contribution >= 4 is 29.3 Å². The summed E-state index contributed by atoms with van der Waals surface area (Å²) in [5.41, 5.74) is 2.73. The van der Waals surface area contributed by atoms with Crippen LogP contribution in [-0.2, 0) is 14.3 Å². The number of rotatable bonds is 8. The van der Waals surface area contributed by atoms with E-state index in [-0.39, 0.29) is 5.91 Å². The first kappa shape index (κ1) is 26.6. The smallest absolute Gasteiger partial charge is 0.303 e. The van der Waals surface area contributed by atoms with E-state index >= 15 is 0 Å². The molecule has 2 atom stereocenters. The number of methoxy groups -OCH3 is 1. The Morgan fingerprint density at radius 3 is 2.35 bits per heavy atom. The van der Waals surface area contributed by atoms with Crippen LogP contribution in [-0.4, -0.2) is 57.2 Å². The van der Waals surface area contributed by atoms with Gasteiger partial charge in [0.15, 0.2) is 6.10 Å². The molecule has 1 aliphatic heterocycles. The van der Waals surface area contributed by atoms with Crippen LogP contribution in [0.15, 0.2) is 71.6 Å². The molecule has 1 amide bonds. The average molecular weight is 521 g/mol. The number of carbonyl (C=O) groups excluding carboxylic acids is 2. The van der Waals surface area contributed by atoms with Crippen LogP contribution in [0.4, 0.5) is 5.69 Å². The van der Waals surface area contributed by atoms with E-state index in [1.165, 1.54) is 18.7 Å². The average Bonchev–Trinajstić information content (AvgIpc) is 2.97. The third kappa shape index (κ3) is 6.45. The van der Waals surface area contributed by atoms with Crippen LogP contribution in [0.2, 0.25) is 0 Å². The minimum Gasteiger partial charge on any atom is -0.497 e. The van der Waals surface area contributed by atoms with Crippen molar-refractivity contribution in [3.8, 4) is 17.2 Å². The predicted octanol–water partition coefficient (Wildman–Crippen LogP) is 5.47. The number of carbonyl (C=O) groups is 2. The van der Waals surface area contributed by atoms with E-state index in [1.807, 2.05) is 92.6 Å². The quantitative estimate of drug-likeness (QED) is 0.365. The molecule has 8 heteroatoms. The van der Waals surface area contributed by atoms with Crippen molar-refractivity contribution in [2.45, 2.75) is 30.1 Å². The second-order valence-electron chi connectivity index (χ2n) is 9.18. The molecule has 0 aromatic heterocycles. The Kier molecular flexibility index (Phi) is 8.41. The molecule has 4 rings (SSSR count). The summed E-state index contributed by atoms with van der Waals surface area (Å²) >= 11 is 1.49. The molecule has 3 aromatic rings. The Morgan fingerprint density at radius 2 is 1.70 bits per heavy atom. The van der Waals surface area contributed by atoms with Crippen LogP contribution in [0.5, 0.6) is 17.2 Å². The van der Waals surface area contributed by atoms with Crippen LogP contribution in [0.1, 0.15) is 23.3 Å². The van der Waals surface area contributed by atoms with Gasteiger partial charge in [-0.1, -0.05) is 24.3 Å². The number of fused-ring (bicyclic) bond motifs is 1. The first-order chi connectivity index (χ1) is 17.7. The minimum absolute atomic E-state index is 0.253. The van der Waals surface area contributed by atoms with Gasteiger partial charge in [-0.05, 0) is 74.6 Å². The maximum absolute atomic E-state index is 13.9. The molecule has 7 nitrogen and oxygen atoms in total. The molecule has 37 heavy (non-hydrogen) atoms. The van der Waals surface area contributed by atoms with Gasteiger partial charge in [0, 0.05) is 24.9 Å². The molecule has 0 N–H and O–H groups in total. The molecule has 0 saturated carbocycles. The molecule has 0 spiro atoms. The van der Waals surface area contributed by atoms with Crippen molar-refractivity contribution in [3.05, 3.63) is 77.9 Å². The van der Waals surface area contributed by atoms with Gasteiger partial charge in [0.05, 0.1) is 18.0 Å². The lowest BCUT2D eigenvalue weighted by molar-refractivity contribution is -0.152. The summed E-state index contributed by atoms with van der Waals surface area (Å²) in [6.07, 6.45) is -0.994. The zero-order chi connectivity index (χ0) is 26.5. The van der Waals surface area contributed by atoms with E-state index in [2.05, 4.69) is 0 Å². The highest BCUT2D eigenvalue weighted by molar-refractivity contribution is 7.99. The number of nitrogens with zero attached hydrogens (tertiary/aromatic N) is 2. The first-order valence-electron chi connectivity index (χ1n) is 12.1. The summed E-state index contributed by atoms with van der Waals surface area (Å²) < 4.78 is 17.2. The molecule has 0 bridgehead atoms. The van der Waals surface area contributed by atoms with Gasteiger partial charge in [-0.25, -0.2) is 0 Å². The molecule has 1 aliphatic rings. The van der Waals surface area contributed by atoms with Gasteiger partial charge in [-0.2, -0.15) is 0 Å². The number of amides is 1. The molecule has 0 aliphatic carbocycles. The fourth-order valence-corrected chi connectivity index (χ4v) is 5.49. The highest BCUT2D eigenvalue weighted by Gasteiger charge is 2.41. The van der Waals surface area contributed by atoms with Gasteiger partial charge in [0.1, 0.15) is 17.2 Å². The lowest BCUT2D eigenvalue weighted by atomic mass is 10.1. The summed E-state index contributed by atoms with van der Waals surface area (Å²) in [7, 11) is 5.52. The van der Waals surface area contributed by atoms with Gasteiger partial charge in [-0.15, -0.1) is 11.8 Å². The largest absolute Gasteiger partial charge is 0.497 e. The van der Waals surface area contributed by atoms with E-state index in [0.717, 1.165) is 27.5 Å². The molecule has 0 fully saturated rings. The molecular weight excluding hydrogens is 488 g/mol. The second kappa shape index (κ2) is 11.7. The molecule has 1 heterocycles. The number of esters is 1. The third-order valence-corrected chi connectivity index (χ3v) is 7.35. The Bertz CT molecular complexity index is 1260. The van der Waals surface area contributed by atoms with Crippen LogP contribution in [0.25, 0.3) is 0 Å². The number of ether oxygens (including phenoxy) is 3. The maximum atomic E-state index is 13.9. The Morgan fingerprint density at radius 1 is 1.00 bits per heavy atom. The lowest BCUT2D eigenvalue weighted by Gasteiger charge is -2.28. The van der Waals surface area contributed by atoms with Gasteiger partial charge in [0.25, 0.3) is 5.91 Å². The van der Waals surface area contributed by atoms with E-state index in [4.69, 9.17) is 14.2 Å². The zero-order valence-electron chi connectivity index (χ0n) is 21.8. The monoisotopic (exact) mass is 520 g/mol. The fraction of sp³-hybridized carbons (Fsp3) is 0.310. The number of thioether (sulfide) groups is 1. The Labute approximate surface area is 222 Å². The lowest BCUT2D eigenvalue weighted by Crippen LogP contribution is -2.45. The van der Waals surface area contributed by atoms with Crippen LogP contribution < -0.4 is 14.4 Å². The standard InChI is InChI=1S/C29H32N2O5S/c1-19-7-6-8-23(17-19)36-24-13-14-25-26(18-24)37-28(21-9-11-22(34-5)12-10-21)27(35-20(2)32)29(33)31(25)16-15-30(3)4/h6-14,17-18,27-28H,15-16H2,1-5H3/t27-,28+/m1/s1. The molecule has 0 unspecified atom stereocenters. The maximum Gasteiger partial charge on any atom is 0.303 e. The summed E-state index contributed by atoms with van der Waals surface area (Å²) in [5.74, 6) is 1.36. The third-order valence-electron chi connectivity index (χ3n) is 5.99. The molecule has 3 aromatic carbocycles. The van der Waals surface area contributed by atoms with Gasteiger partial charge >= 0.3 is 5.97 Å². The topological polar surface area (TPSA) is 68.3 Å². The van der Waals surface area contributed by atoms with Crippen molar-refractivity contribution in [1.82, 2.24) is 4.90 Å². The highest BCUT2D eigenvalue weighted by atomic mass is 32.2. The van der Waals surface area contributed by atoms with Crippen LogP contribution >= 0.6 is 11.8 Å². The predicted molar refractivity (Wildman–Crippen MR) is 146 cm³/mol. The molecule has 194 valence electrons. The highest BCUT2D eigenvalue weighted by Crippen LogP contribution is 2.48. The molecular formula is C29H32N2O5S. The van der Waals surface area contributed by atoms with Crippen molar-refractivity contribution < 1.29 is 23.8 Å². The van der Waals surface area contributed by atoms with E-state index in [9.17, 15) is 9.59 Å². The van der Waals surface area contributed by atoms with E-state index in [1.54, 1.807) is 12.0 Å². The normalized spacial score (nSPS) is 17.2. The number of anilines is 1. The van der Waals surface area contributed by atoms with Crippen molar-refractivity contribution in [1.29, 1.82) is 0 Å². The number of likely N-dealkylation sites (N-methyl/N-ethyl adjacent to an activating group) is 1. The molecule has 0 radical (unpaired) electrons. The van der Waals surface area contributed by atoms with Gasteiger partial charge < -0.3 is 24.0 Å². The number of hydrogen-bond donors (Lipinski definition) is 0. The van der Waals surface area contributed by atoms with E-state index < -0.39 is 17.3 Å². The summed E-state index contributed by atoms with van der Waals surface area (Å²) in [6, 6.07) is 21.1. The van der Waals surface area contributed by atoms with Gasteiger partial charge in [-0.3, -0.25) is 9.59 Å². The number of benzene rings is 3. The van der Waals surface area contributed by atoms with Gasteiger partial charge in [0.2, 0.25) is 0 Å². The summed E-state index contributed by atoms with van der Waals surface area (Å²) in [4.78, 5) is 30.7. The number of aryl methyl sites for hydroxylation is 1. The van der Waals surface area contributed by atoms with Crippen LogP contribution in [0.3, 0.4) is 0 Å². The van der Waals surface area contributed by atoms with Crippen molar-refractivity contribution in [3.63, 3.8) is 0 Å². The Hall–Kier alpha value is -3.49. The summed E-state index contributed by atoms with van der Waals surface area (Å²) in [6.45, 7) is 4.45. The first-order valence-corrected chi connectivity index (χ1v) is 13.0. The zero-order valence-corrected chi connectivity index (χ0v) is 22.6. The SMILES string of the molecule is COc1ccc([C@@H]2Sc3cc(Oc4cccc(C)c4)ccc3N(CCN(C)C)C(=O)[C@@H]2OC(C)=O)cc1.